The maximum absolute atomic E-state index is 13.6. The Bertz CT molecular complexity index is 1260. The fraction of sp³-hybridized carbons (Fsp3) is 0.321. The van der Waals surface area contributed by atoms with Gasteiger partial charge in [0, 0.05) is 54.4 Å². The molecule has 1 amide bonds. The molecule has 2 aliphatic heterocycles. The summed E-state index contributed by atoms with van der Waals surface area (Å²) in [6.45, 7) is 0.732. The zero-order valence-electron chi connectivity index (χ0n) is 18.7. The molecule has 4 heterocycles. The third kappa shape index (κ3) is 3.92. The van der Waals surface area contributed by atoms with Crippen molar-refractivity contribution in [1.82, 2.24) is 19.4 Å². The van der Waals surface area contributed by atoms with Gasteiger partial charge in [-0.1, -0.05) is 30.3 Å². The Morgan fingerprint density at radius 3 is 2.64 bits per heavy atom. The smallest absolute Gasteiger partial charge is 0.254 e. The Balaban J connectivity index is 1.18. The van der Waals surface area contributed by atoms with E-state index in [0.717, 1.165) is 49.8 Å². The quantitative estimate of drug-likeness (QED) is 0.437. The number of rotatable bonds is 5. The number of aromatic nitrogens is 3. The van der Waals surface area contributed by atoms with Gasteiger partial charge in [0.25, 0.3) is 5.91 Å². The maximum Gasteiger partial charge on any atom is 0.254 e. The molecule has 2 atom stereocenters. The molecule has 5 nitrogen and oxygen atoms in total. The SMILES string of the molecule is O=C(c1cccc(Cn2ccnc2)c1)N1[C@H]2CC[C@H]1CC(Cc1cccc3ccncc13)C2. The number of carbonyl (C=O) groups is 1. The topological polar surface area (TPSA) is 51.0 Å². The zero-order valence-corrected chi connectivity index (χ0v) is 18.7. The monoisotopic (exact) mass is 436 g/mol. The summed E-state index contributed by atoms with van der Waals surface area (Å²) < 4.78 is 2.03. The minimum Gasteiger partial charge on any atom is -0.333 e. The lowest BCUT2D eigenvalue weighted by molar-refractivity contribution is 0.0524. The first kappa shape index (κ1) is 20.2. The lowest BCUT2D eigenvalue weighted by Gasteiger charge is -2.39. The van der Waals surface area contributed by atoms with Gasteiger partial charge < -0.3 is 9.47 Å². The average Bonchev–Trinajstić information content (AvgIpc) is 3.44. The molecule has 0 N–H and O–H groups in total. The van der Waals surface area contributed by atoms with Crippen LogP contribution in [-0.4, -0.2) is 37.4 Å². The molecule has 33 heavy (non-hydrogen) atoms. The van der Waals surface area contributed by atoms with Crippen molar-refractivity contribution in [2.24, 2.45) is 5.92 Å². The van der Waals surface area contributed by atoms with Gasteiger partial charge in [-0.3, -0.25) is 9.78 Å². The van der Waals surface area contributed by atoms with E-state index in [-0.39, 0.29) is 5.91 Å². The van der Waals surface area contributed by atoms with Crippen molar-refractivity contribution in [3.8, 4) is 0 Å². The lowest BCUT2D eigenvalue weighted by atomic mass is 9.84. The van der Waals surface area contributed by atoms with Gasteiger partial charge in [0.05, 0.1) is 6.33 Å². The highest BCUT2D eigenvalue weighted by Crippen LogP contribution is 2.41. The van der Waals surface area contributed by atoms with Crippen LogP contribution in [0.15, 0.2) is 79.6 Å². The van der Waals surface area contributed by atoms with Gasteiger partial charge in [0.1, 0.15) is 0 Å². The number of benzene rings is 2. The molecule has 2 aliphatic rings. The van der Waals surface area contributed by atoms with Gasteiger partial charge in [-0.2, -0.15) is 0 Å². The van der Waals surface area contributed by atoms with Crippen molar-refractivity contribution in [3.05, 3.63) is 96.3 Å². The first-order valence-corrected chi connectivity index (χ1v) is 11.9. The number of carbonyl (C=O) groups excluding carboxylic acids is 1. The summed E-state index contributed by atoms with van der Waals surface area (Å²) in [5, 5.41) is 2.52. The fourth-order valence-corrected chi connectivity index (χ4v) is 6.00. The van der Waals surface area contributed by atoms with Crippen molar-refractivity contribution < 1.29 is 4.79 Å². The molecule has 0 aliphatic carbocycles. The highest BCUT2D eigenvalue weighted by Gasteiger charge is 2.43. The molecule has 0 unspecified atom stereocenters. The van der Waals surface area contributed by atoms with Crippen LogP contribution < -0.4 is 0 Å². The third-order valence-corrected chi connectivity index (χ3v) is 7.45. The largest absolute Gasteiger partial charge is 0.333 e. The summed E-state index contributed by atoms with van der Waals surface area (Å²) >= 11 is 0. The summed E-state index contributed by atoms with van der Waals surface area (Å²) in [5.74, 6) is 0.813. The molecule has 2 aromatic carbocycles. The van der Waals surface area contributed by atoms with Crippen molar-refractivity contribution >= 4 is 16.7 Å². The summed E-state index contributed by atoms with van der Waals surface area (Å²) in [7, 11) is 0. The van der Waals surface area contributed by atoms with Crippen LogP contribution in [-0.2, 0) is 13.0 Å². The molecule has 166 valence electrons. The van der Waals surface area contributed by atoms with Gasteiger partial charge in [0.2, 0.25) is 0 Å². The molecule has 0 spiro atoms. The lowest BCUT2D eigenvalue weighted by Crippen LogP contribution is -2.46. The molecule has 2 fully saturated rings. The molecule has 4 aromatic rings. The number of nitrogens with zero attached hydrogens (tertiary/aromatic N) is 4. The second kappa shape index (κ2) is 8.47. The minimum absolute atomic E-state index is 0.197. The van der Waals surface area contributed by atoms with Crippen LogP contribution in [0, 0.1) is 5.92 Å². The van der Waals surface area contributed by atoms with Crippen molar-refractivity contribution in [1.29, 1.82) is 0 Å². The average molecular weight is 437 g/mol. The molecule has 2 aromatic heterocycles. The van der Waals surface area contributed by atoms with Gasteiger partial charge in [-0.15, -0.1) is 0 Å². The molecule has 6 rings (SSSR count). The maximum atomic E-state index is 13.6. The van der Waals surface area contributed by atoms with Crippen LogP contribution in [0.2, 0.25) is 0 Å². The fourth-order valence-electron chi connectivity index (χ4n) is 6.00. The summed E-state index contributed by atoms with van der Waals surface area (Å²) in [6.07, 6.45) is 14.9. The van der Waals surface area contributed by atoms with Crippen LogP contribution in [0.25, 0.3) is 10.8 Å². The Hall–Kier alpha value is -3.47. The van der Waals surface area contributed by atoms with E-state index in [4.69, 9.17) is 0 Å². The van der Waals surface area contributed by atoms with Crippen molar-refractivity contribution in [2.45, 2.75) is 50.7 Å². The van der Waals surface area contributed by atoms with Crippen LogP contribution in [0.4, 0.5) is 0 Å². The number of amides is 1. The number of pyridine rings is 1. The number of fused-ring (bicyclic) bond motifs is 3. The highest BCUT2D eigenvalue weighted by atomic mass is 16.2. The number of imidazole rings is 1. The predicted octanol–water partition coefficient (Wildman–Crippen LogP) is 5.11. The molecule has 0 saturated carbocycles. The highest BCUT2D eigenvalue weighted by molar-refractivity contribution is 5.95. The van der Waals surface area contributed by atoms with E-state index in [2.05, 4.69) is 51.3 Å². The second-order valence-corrected chi connectivity index (χ2v) is 9.59. The van der Waals surface area contributed by atoms with E-state index in [1.165, 1.54) is 16.3 Å². The van der Waals surface area contributed by atoms with Gasteiger partial charge >= 0.3 is 0 Å². The molecule has 2 bridgehead atoms. The minimum atomic E-state index is 0.197. The van der Waals surface area contributed by atoms with Crippen LogP contribution in [0.3, 0.4) is 0 Å². The number of hydrogen-bond donors (Lipinski definition) is 0. The Morgan fingerprint density at radius 2 is 1.82 bits per heavy atom. The number of piperidine rings is 1. The van der Waals surface area contributed by atoms with E-state index in [1.54, 1.807) is 6.20 Å². The van der Waals surface area contributed by atoms with E-state index in [1.807, 2.05) is 41.6 Å². The summed E-state index contributed by atoms with van der Waals surface area (Å²) in [4.78, 5) is 24.2. The van der Waals surface area contributed by atoms with Gasteiger partial charge in [-0.05, 0) is 72.7 Å². The predicted molar refractivity (Wildman–Crippen MR) is 129 cm³/mol. The Labute approximate surface area is 194 Å². The summed E-state index contributed by atoms with van der Waals surface area (Å²) in [6, 6.07) is 17.5. The number of hydrogen-bond acceptors (Lipinski definition) is 3. The van der Waals surface area contributed by atoms with E-state index >= 15 is 0 Å². The summed E-state index contributed by atoms with van der Waals surface area (Å²) in [5.41, 5.74) is 3.32. The second-order valence-electron chi connectivity index (χ2n) is 9.59. The standard InChI is InChI=1S/C28H28N4O/c33-28(24-6-1-3-20(13-24)18-31-12-11-30-19-31)32-25-7-8-26(32)16-21(15-25)14-23-5-2-4-22-9-10-29-17-27(22)23/h1-6,9-13,17,19,21,25-26H,7-8,14-16,18H2/t25-,26-/m0/s1. The molecule has 0 radical (unpaired) electrons. The van der Waals surface area contributed by atoms with E-state index in [9.17, 15) is 4.79 Å². The van der Waals surface area contributed by atoms with E-state index in [0.29, 0.717) is 18.0 Å². The molecular formula is C28H28N4O. The normalized spacial score (nSPS) is 22.1. The first-order valence-electron chi connectivity index (χ1n) is 11.9. The van der Waals surface area contributed by atoms with Crippen LogP contribution >= 0.6 is 0 Å². The van der Waals surface area contributed by atoms with E-state index < -0.39 is 0 Å². The van der Waals surface area contributed by atoms with Crippen LogP contribution in [0.1, 0.15) is 47.2 Å². The zero-order chi connectivity index (χ0) is 22.2. The molecular weight excluding hydrogens is 408 g/mol. The van der Waals surface area contributed by atoms with Crippen molar-refractivity contribution in [2.75, 3.05) is 0 Å². The van der Waals surface area contributed by atoms with Crippen molar-refractivity contribution in [3.63, 3.8) is 0 Å². The van der Waals surface area contributed by atoms with Gasteiger partial charge in [-0.25, -0.2) is 4.98 Å². The Morgan fingerprint density at radius 1 is 0.970 bits per heavy atom. The first-order chi connectivity index (χ1) is 16.2. The Kier molecular flexibility index (Phi) is 5.17. The molecule has 2 saturated heterocycles. The third-order valence-electron chi connectivity index (χ3n) is 7.45. The van der Waals surface area contributed by atoms with Gasteiger partial charge in [0.15, 0.2) is 0 Å². The van der Waals surface area contributed by atoms with Crippen LogP contribution in [0.5, 0.6) is 0 Å². The molecule has 5 heteroatoms.